The van der Waals surface area contributed by atoms with Gasteiger partial charge in [0.1, 0.15) is 17.1 Å². The maximum atomic E-state index is 12.7. The fraction of sp³-hybridized carbons (Fsp3) is 0.300. The molecule has 1 fully saturated rings. The van der Waals surface area contributed by atoms with Gasteiger partial charge in [0.2, 0.25) is 5.91 Å². The fourth-order valence-electron chi connectivity index (χ4n) is 4.76. The predicted octanol–water partition coefficient (Wildman–Crippen LogP) is 6.29. The van der Waals surface area contributed by atoms with Crippen molar-refractivity contribution in [2.75, 3.05) is 19.7 Å². The molecule has 1 amide bonds. The molecule has 1 spiro atoms. The number of para-hydroxylation sites is 1. The van der Waals surface area contributed by atoms with Crippen LogP contribution in [0.5, 0.6) is 11.5 Å². The molecule has 2 heterocycles. The van der Waals surface area contributed by atoms with Gasteiger partial charge < -0.3 is 14.4 Å². The topological polar surface area (TPSA) is 38.8 Å². The number of piperidine rings is 1. The van der Waals surface area contributed by atoms with Crippen molar-refractivity contribution >= 4 is 12.0 Å². The van der Waals surface area contributed by atoms with Crippen LogP contribution in [-0.4, -0.2) is 36.1 Å². The van der Waals surface area contributed by atoms with Gasteiger partial charge in [0.15, 0.2) is 0 Å². The number of rotatable bonds is 6. The van der Waals surface area contributed by atoms with E-state index in [9.17, 15) is 4.79 Å². The Bertz CT molecular complexity index is 1180. The Morgan fingerprint density at radius 2 is 1.74 bits per heavy atom. The summed E-state index contributed by atoms with van der Waals surface area (Å²) in [6, 6.07) is 24.8. The van der Waals surface area contributed by atoms with Gasteiger partial charge >= 0.3 is 0 Å². The predicted molar refractivity (Wildman–Crippen MR) is 136 cm³/mol. The highest BCUT2D eigenvalue weighted by molar-refractivity contribution is 5.76. The molecule has 0 N–H and O–H groups in total. The maximum absolute atomic E-state index is 12.7. The van der Waals surface area contributed by atoms with Crippen molar-refractivity contribution in [2.24, 2.45) is 0 Å². The molecule has 2 aliphatic rings. The molecule has 4 nitrogen and oxygen atoms in total. The molecule has 0 aliphatic carbocycles. The minimum atomic E-state index is -0.314. The van der Waals surface area contributed by atoms with E-state index in [1.165, 1.54) is 11.1 Å². The highest BCUT2D eigenvalue weighted by Gasteiger charge is 2.37. The summed E-state index contributed by atoms with van der Waals surface area (Å²) in [6.07, 6.45) is 7.25. The Labute approximate surface area is 201 Å². The number of benzene rings is 3. The Morgan fingerprint density at radius 3 is 2.53 bits per heavy atom. The third kappa shape index (κ3) is 4.86. The lowest BCUT2D eigenvalue weighted by Gasteiger charge is -2.42. The summed E-state index contributed by atoms with van der Waals surface area (Å²) >= 11 is 0. The zero-order valence-corrected chi connectivity index (χ0v) is 19.7. The van der Waals surface area contributed by atoms with Gasteiger partial charge in [-0.1, -0.05) is 60.7 Å². The van der Waals surface area contributed by atoms with Gasteiger partial charge in [-0.3, -0.25) is 4.79 Å². The lowest BCUT2D eigenvalue weighted by molar-refractivity contribution is -0.134. The minimum absolute atomic E-state index is 0.205. The maximum Gasteiger partial charge on any atom is 0.222 e. The summed E-state index contributed by atoms with van der Waals surface area (Å²) in [4.78, 5) is 14.7. The highest BCUT2D eigenvalue weighted by atomic mass is 16.5. The third-order valence-corrected chi connectivity index (χ3v) is 6.85. The van der Waals surface area contributed by atoms with Crippen molar-refractivity contribution in [1.82, 2.24) is 4.90 Å². The number of fused-ring (bicyclic) bond motifs is 1. The molecule has 0 bridgehead atoms. The number of ether oxygens (including phenoxy) is 2. The number of aryl methyl sites for hydroxylation is 1. The van der Waals surface area contributed by atoms with Crippen LogP contribution in [0.25, 0.3) is 17.2 Å². The van der Waals surface area contributed by atoms with Gasteiger partial charge in [-0.05, 0) is 54.3 Å². The van der Waals surface area contributed by atoms with E-state index >= 15 is 0 Å². The molecule has 4 heteroatoms. The Hall–Kier alpha value is -3.53. The first-order valence-electron chi connectivity index (χ1n) is 12.2. The van der Waals surface area contributed by atoms with Crippen molar-refractivity contribution in [3.8, 4) is 22.6 Å². The van der Waals surface area contributed by atoms with Crippen LogP contribution in [0.1, 0.15) is 36.8 Å². The minimum Gasteiger partial charge on any atom is -0.493 e. The summed E-state index contributed by atoms with van der Waals surface area (Å²) in [5, 5.41) is 0. The Balaban J connectivity index is 1.12. The molecule has 0 atom stereocenters. The number of carbonyl (C=O) groups is 1. The first-order valence-corrected chi connectivity index (χ1v) is 12.2. The zero-order chi connectivity index (χ0) is 23.4. The number of hydrogen-bond donors (Lipinski definition) is 0. The second-order valence-corrected chi connectivity index (χ2v) is 9.22. The lowest BCUT2D eigenvalue weighted by Crippen LogP contribution is -2.49. The van der Waals surface area contributed by atoms with Crippen molar-refractivity contribution in [3.05, 3.63) is 90.0 Å². The average Bonchev–Trinajstić information content (AvgIpc) is 2.88. The van der Waals surface area contributed by atoms with Gasteiger partial charge in [0.05, 0.1) is 6.61 Å². The van der Waals surface area contributed by atoms with Crippen LogP contribution in [0.3, 0.4) is 0 Å². The van der Waals surface area contributed by atoms with Crippen LogP contribution in [-0.2, 0) is 4.79 Å². The summed E-state index contributed by atoms with van der Waals surface area (Å²) in [5.41, 5.74) is 4.31. The summed E-state index contributed by atoms with van der Waals surface area (Å²) in [6.45, 7) is 4.03. The number of carbonyl (C=O) groups excluding carboxylic acids is 1. The smallest absolute Gasteiger partial charge is 0.222 e. The van der Waals surface area contributed by atoms with Crippen LogP contribution in [0.2, 0.25) is 0 Å². The van der Waals surface area contributed by atoms with E-state index in [0.29, 0.717) is 13.0 Å². The van der Waals surface area contributed by atoms with Gasteiger partial charge in [0, 0.05) is 37.9 Å². The number of likely N-dealkylation sites (tertiary alicyclic amines) is 1. The van der Waals surface area contributed by atoms with Crippen molar-refractivity contribution < 1.29 is 14.3 Å². The zero-order valence-electron chi connectivity index (χ0n) is 19.7. The lowest BCUT2D eigenvalue weighted by atomic mass is 9.87. The Morgan fingerprint density at radius 1 is 0.971 bits per heavy atom. The molecule has 2 aliphatic heterocycles. The average molecular weight is 454 g/mol. The SMILES string of the molecule is Cc1ccccc1OCCCC(=O)N1CCC2(C=Cc3cc(-c4ccccc4)ccc3O2)CC1. The van der Waals surface area contributed by atoms with E-state index in [1.54, 1.807) is 0 Å². The molecule has 0 radical (unpaired) electrons. The third-order valence-electron chi connectivity index (χ3n) is 6.85. The molecule has 3 aromatic carbocycles. The molecular formula is C30H31NO3. The molecule has 3 aromatic rings. The second kappa shape index (κ2) is 9.76. The van der Waals surface area contributed by atoms with E-state index in [1.807, 2.05) is 42.2 Å². The quantitative estimate of drug-likeness (QED) is 0.412. The molecule has 34 heavy (non-hydrogen) atoms. The molecule has 0 saturated carbocycles. The largest absolute Gasteiger partial charge is 0.493 e. The summed E-state index contributed by atoms with van der Waals surface area (Å²) in [5.74, 6) is 2.03. The molecule has 0 unspecified atom stereocenters. The molecular weight excluding hydrogens is 422 g/mol. The van der Waals surface area contributed by atoms with E-state index in [0.717, 1.165) is 55.0 Å². The number of amides is 1. The van der Waals surface area contributed by atoms with Gasteiger partial charge in [-0.2, -0.15) is 0 Å². The monoisotopic (exact) mass is 453 g/mol. The van der Waals surface area contributed by atoms with Crippen molar-refractivity contribution in [3.63, 3.8) is 0 Å². The number of nitrogens with zero attached hydrogens (tertiary/aromatic N) is 1. The van der Waals surface area contributed by atoms with E-state index in [-0.39, 0.29) is 11.5 Å². The van der Waals surface area contributed by atoms with Crippen molar-refractivity contribution in [2.45, 2.75) is 38.2 Å². The Kier molecular flexibility index (Phi) is 6.39. The van der Waals surface area contributed by atoms with Gasteiger partial charge in [-0.25, -0.2) is 0 Å². The number of hydrogen-bond acceptors (Lipinski definition) is 3. The molecule has 1 saturated heterocycles. The fourth-order valence-corrected chi connectivity index (χ4v) is 4.76. The van der Waals surface area contributed by atoms with Crippen LogP contribution in [0.15, 0.2) is 78.9 Å². The van der Waals surface area contributed by atoms with Crippen LogP contribution in [0, 0.1) is 6.92 Å². The van der Waals surface area contributed by atoms with Gasteiger partial charge in [0.25, 0.3) is 0 Å². The normalized spacial score (nSPS) is 16.1. The standard InChI is InChI=1S/C30H31NO3/c1-23-8-5-6-11-27(23)33-21-7-12-29(32)31-19-17-30(18-20-31)16-15-26-22-25(13-14-28(26)34-30)24-9-3-2-4-10-24/h2-6,8-11,13-16,22H,7,12,17-21H2,1H3. The molecule has 174 valence electrons. The summed E-state index contributed by atoms with van der Waals surface area (Å²) in [7, 11) is 0. The van der Waals surface area contributed by atoms with Crippen LogP contribution in [0.4, 0.5) is 0 Å². The van der Waals surface area contributed by atoms with Crippen LogP contribution < -0.4 is 9.47 Å². The molecule has 0 aromatic heterocycles. The summed E-state index contributed by atoms with van der Waals surface area (Å²) < 4.78 is 12.3. The van der Waals surface area contributed by atoms with Gasteiger partial charge in [-0.15, -0.1) is 0 Å². The van der Waals surface area contributed by atoms with E-state index < -0.39 is 0 Å². The second-order valence-electron chi connectivity index (χ2n) is 9.22. The first kappa shape index (κ1) is 22.3. The highest BCUT2D eigenvalue weighted by Crippen LogP contribution is 2.39. The first-order chi connectivity index (χ1) is 16.6. The molecule has 5 rings (SSSR count). The van der Waals surface area contributed by atoms with Crippen molar-refractivity contribution in [1.29, 1.82) is 0 Å². The van der Waals surface area contributed by atoms with E-state index in [4.69, 9.17) is 9.47 Å². The van der Waals surface area contributed by atoms with Crippen LogP contribution >= 0.6 is 0 Å². The van der Waals surface area contributed by atoms with E-state index in [2.05, 4.69) is 54.6 Å².